The molecule has 2 heterocycles. The number of guanidine groups is 1. The Labute approximate surface area is 200 Å². The van der Waals surface area contributed by atoms with Gasteiger partial charge >= 0.3 is 0 Å². The number of benzene rings is 1. The molecule has 0 amide bonds. The summed E-state index contributed by atoms with van der Waals surface area (Å²) in [4.78, 5) is 7.07. The molecule has 0 aliphatic carbocycles. The first-order chi connectivity index (χ1) is 14.8. The number of aliphatic imine (C=N–C) groups is 1. The molecule has 0 atom stereocenters. The van der Waals surface area contributed by atoms with Gasteiger partial charge in [-0.3, -0.25) is 9.89 Å². The summed E-state index contributed by atoms with van der Waals surface area (Å²) in [6.45, 7) is 9.20. The van der Waals surface area contributed by atoms with Crippen LogP contribution in [-0.2, 0) is 24.1 Å². The summed E-state index contributed by atoms with van der Waals surface area (Å²) in [6, 6.07) is 6.88. The van der Waals surface area contributed by atoms with E-state index in [0.29, 0.717) is 31.6 Å². The second-order valence-corrected chi connectivity index (χ2v) is 7.17. The van der Waals surface area contributed by atoms with Crippen LogP contribution in [0.5, 0.6) is 0 Å². The van der Waals surface area contributed by atoms with Gasteiger partial charge in [-0.05, 0) is 18.1 Å². The number of hydrogen-bond donors (Lipinski definition) is 2. The van der Waals surface area contributed by atoms with Gasteiger partial charge < -0.3 is 19.9 Å². The van der Waals surface area contributed by atoms with Crippen LogP contribution in [0.1, 0.15) is 18.3 Å². The summed E-state index contributed by atoms with van der Waals surface area (Å²) < 4.78 is 21.3. The Morgan fingerprint density at radius 2 is 1.94 bits per heavy atom. The molecule has 0 radical (unpaired) electrons. The van der Waals surface area contributed by atoms with Gasteiger partial charge in [0.25, 0.3) is 0 Å². The second kappa shape index (κ2) is 14.3. The first-order valence-corrected chi connectivity index (χ1v) is 10.7. The van der Waals surface area contributed by atoms with E-state index in [1.165, 1.54) is 6.07 Å². The molecule has 2 N–H and O–H groups in total. The molecule has 1 aromatic heterocycles. The highest BCUT2D eigenvalue weighted by Crippen LogP contribution is 2.06. The average molecular weight is 545 g/mol. The van der Waals surface area contributed by atoms with E-state index in [0.717, 1.165) is 57.6 Å². The van der Waals surface area contributed by atoms with Crippen molar-refractivity contribution in [2.24, 2.45) is 4.99 Å². The Balaban J connectivity index is 0.00000341. The maximum absolute atomic E-state index is 13.8. The number of rotatable bonds is 10. The summed E-state index contributed by atoms with van der Waals surface area (Å²) in [6.07, 6.45) is 3.20. The third-order valence-electron chi connectivity index (χ3n) is 5.09. The predicted octanol–water partition coefficient (Wildman–Crippen LogP) is 1.71. The van der Waals surface area contributed by atoms with Gasteiger partial charge in [-0.2, -0.15) is 0 Å². The maximum atomic E-state index is 13.8. The van der Waals surface area contributed by atoms with Crippen LogP contribution in [0.4, 0.5) is 4.39 Å². The topological polar surface area (TPSA) is 79.6 Å². The van der Waals surface area contributed by atoms with Crippen LogP contribution in [0.15, 0.2) is 35.6 Å². The Hall–Kier alpha value is -1.79. The normalized spacial score (nSPS) is 14.8. The number of hydrogen-bond acceptors (Lipinski definition) is 5. The summed E-state index contributed by atoms with van der Waals surface area (Å²) >= 11 is 0. The van der Waals surface area contributed by atoms with Crippen LogP contribution in [0.25, 0.3) is 0 Å². The van der Waals surface area contributed by atoms with E-state index in [1.54, 1.807) is 12.4 Å². The third-order valence-corrected chi connectivity index (χ3v) is 5.09. The van der Waals surface area contributed by atoms with Crippen molar-refractivity contribution in [3.8, 4) is 0 Å². The highest BCUT2D eigenvalue weighted by atomic mass is 127. The van der Waals surface area contributed by atoms with Gasteiger partial charge in [0.05, 0.1) is 19.8 Å². The summed E-state index contributed by atoms with van der Waals surface area (Å²) in [5, 5.41) is 14.8. The van der Waals surface area contributed by atoms with E-state index in [-0.39, 0.29) is 29.8 Å². The summed E-state index contributed by atoms with van der Waals surface area (Å²) in [7, 11) is 0. The van der Waals surface area contributed by atoms with Gasteiger partial charge in [-0.15, -0.1) is 34.2 Å². The Bertz CT molecular complexity index is 796. The van der Waals surface area contributed by atoms with Crippen molar-refractivity contribution in [1.82, 2.24) is 30.3 Å². The van der Waals surface area contributed by atoms with Crippen molar-refractivity contribution < 1.29 is 9.13 Å². The molecule has 31 heavy (non-hydrogen) atoms. The van der Waals surface area contributed by atoms with Crippen LogP contribution >= 0.6 is 24.0 Å². The summed E-state index contributed by atoms with van der Waals surface area (Å²) in [5.74, 6) is 1.54. The van der Waals surface area contributed by atoms with Crippen molar-refractivity contribution in [3.05, 3.63) is 47.8 Å². The van der Waals surface area contributed by atoms with Gasteiger partial charge in [-0.25, -0.2) is 4.39 Å². The van der Waals surface area contributed by atoms with Gasteiger partial charge in [0.1, 0.15) is 18.0 Å². The maximum Gasteiger partial charge on any atom is 0.191 e. The molecule has 8 nitrogen and oxygen atoms in total. The van der Waals surface area contributed by atoms with Crippen LogP contribution in [0.3, 0.4) is 0 Å². The SMILES string of the molecule is CCc1nncn1CCNC(=NCCN1CCOCC1)NCCc1ccccc1F.I. The minimum absolute atomic E-state index is 0. The molecule has 2 aromatic rings. The lowest BCUT2D eigenvalue weighted by atomic mass is 10.1. The monoisotopic (exact) mass is 545 g/mol. The van der Waals surface area contributed by atoms with Gasteiger partial charge in [0.2, 0.25) is 0 Å². The van der Waals surface area contributed by atoms with E-state index < -0.39 is 0 Å². The number of aryl methyl sites for hydroxylation is 1. The fourth-order valence-corrected chi connectivity index (χ4v) is 3.35. The van der Waals surface area contributed by atoms with E-state index in [2.05, 4.69) is 32.7 Å². The van der Waals surface area contributed by atoms with Crippen LogP contribution in [0, 0.1) is 5.82 Å². The molecule has 1 aliphatic heterocycles. The molecule has 1 saturated heterocycles. The minimum atomic E-state index is -0.169. The van der Waals surface area contributed by atoms with E-state index in [4.69, 9.17) is 9.73 Å². The lowest BCUT2D eigenvalue weighted by Crippen LogP contribution is -2.41. The van der Waals surface area contributed by atoms with Crippen molar-refractivity contribution in [1.29, 1.82) is 0 Å². The average Bonchev–Trinajstić information content (AvgIpc) is 3.23. The van der Waals surface area contributed by atoms with Gasteiger partial charge in [0, 0.05) is 45.7 Å². The molecule has 0 spiro atoms. The fourth-order valence-electron chi connectivity index (χ4n) is 3.35. The van der Waals surface area contributed by atoms with Crippen molar-refractivity contribution in [3.63, 3.8) is 0 Å². The third kappa shape index (κ3) is 8.69. The summed E-state index contributed by atoms with van der Waals surface area (Å²) in [5.41, 5.74) is 0.703. The Kier molecular flexibility index (Phi) is 11.8. The standard InChI is InChI=1S/C21H32FN7O.HI/c1-2-20-27-26-17-29(20)12-10-25-21(24-9-11-28-13-15-30-16-14-28)23-8-7-18-5-3-4-6-19(18)22;/h3-6,17H,2,7-16H2,1H3,(H2,23,24,25);1H. The lowest BCUT2D eigenvalue weighted by Gasteiger charge is -2.25. The predicted molar refractivity (Wildman–Crippen MR) is 130 cm³/mol. The molecule has 3 rings (SSSR count). The first-order valence-electron chi connectivity index (χ1n) is 10.7. The smallest absolute Gasteiger partial charge is 0.191 e. The highest BCUT2D eigenvalue weighted by molar-refractivity contribution is 14.0. The zero-order valence-corrected chi connectivity index (χ0v) is 20.4. The van der Waals surface area contributed by atoms with Gasteiger partial charge in [0.15, 0.2) is 5.96 Å². The number of halogens is 2. The van der Waals surface area contributed by atoms with Crippen LogP contribution in [-0.4, -0.2) is 78.1 Å². The second-order valence-electron chi connectivity index (χ2n) is 7.17. The van der Waals surface area contributed by atoms with Crippen LogP contribution in [0.2, 0.25) is 0 Å². The Morgan fingerprint density at radius 3 is 2.71 bits per heavy atom. The Morgan fingerprint density at radius 1 is 1.16 bits per heavy atom. The molecule has 10 heteroatoms. The number of aromatic nitrogens is 3. The van der Waals surface area contributed by atoms with Crippen molar-refractivity contribution in [2.75, 3.05) is 52.5 Å². The number of nitrogens with zero attached hydrogens (tertiary/aromatic N) is 5. The fraction of sp³-hybridized carbons (Fsp3) is 0.571. The molecular formula is C21H33FIN7O. The minimum Gasteiger partial charge on any atom is -0.379 e. The number of morpholine rings is 1. The highest BCUT2D eigenvalue weighted by Gasteiger charge is 2.09. The number of ether oxygens (including phenoxy) is 1. The largest absolute Gasteiger partial charge is 0.379 e. The lowest BCUT2D eigenvalue weighted by molar-refractivity contribution is 0.0394. The molecule has 1 aromatic carbocycles. The van der Waals surface area contributed by atoms with Gasteiger partial charge in [-0.1, -0.05) is 25.1 Å². The van der Waals surface area contributed by atoms with E-state index >= 15 is 0 Å². The zero-order valence-electron chi connectivity index (χ0n) is 18.1. The first kappa shape index (κ1) is 25.5. The molecule has 0 bridgehead atoms. The molecule has 172 valence electrons. The molecular weight excluding hydrogens is 512 g/mol. The zero-order chi connectivity index (χ0) is 21.0. The van der Waals surface area contributed by atoms with Crippen LogP contribution < -0.4 is 10.6 Å². The molecule has 1 aliphatic rings. The van der Waals surface area contributed by atoms with Crippen molar-refractivity contribution >= 4 is 29.9 Å². The number of nitrogens with one attached hydrogen (secondary N) is 2. The molecule has 0 saturated carbocycles. The van der Waals surface area contributed by atoms with Crippen molar-refractivity contribution in [2.45, 2.75) is 26.3 Å². The van der Waals surface area contributed by atoms with E-state index in [9.17, 15) is 4.39 Å². The molecule has 1 fully saturated rings. The van der Waals surface area contributed by atoms with E-state index in [1.807, 2.05) is 16.7 Å². The molecule has 0 unspecified atom stereocenters. The quantitative estimate of drug-likeness (QED) is 0.269.